The molecule has 1 aliphatic heterocycles. The molecule has 1 saturated heterocycles. The summed E-state index contributed by atoms with van der Waals surface area (Å²) in [6.07, 6.45) is 16.0. The van der Waals surface area contributed by atoms with Gasteiger partial charge in [-0.25, -0.2) is 0 Å². The number of piperidine rings is 1. The molecule has 174 valence electrons. The third-order valence-corrected chi connectivity index (χ3v) is 6.04. The van der Waals surface area contributed by atoms with Crippen LogP contribution in [0.3, 0.4) is 0 Å². The molecule has 4 N–H and O–H groups in total. The molecule has 0 aromatic heterocycles. The number of carbonyl (C=O) groups is 2. The van der Waals surface area contributed by atoms with E-state index in [9.17, 15) is 9.59 Å². The lowest BCUT2D eigenvalue weighted by Crippen LogP contribution is -2.48. The zero-order valence-corrected chi connectivity index (χ0v) is 20.0. The number of carbonyl (C=O) groups excluding carboxylic acids is 2. The van der Waals surface area contributed by atoms with Crippen LogP contribution in [0.4, 0.5) is 0 Å². The molecule has 5 nitrogen and oxygen atoms in total. The first-order chi connectivity index (χ1) is 14.0. The van der Waals surface area contributed by atoms with E-state index in [1.54, 1.807) is 0 Å². The molecule has 2 amide bonds. The van der Waals surface area contributed by atoms with Crippen molar-refractivity contribution in [3.8, 4) is 0 Å². The second-order valence-electron chi connectivity index (χ2n) is 11.0. The number of amides is 2. The highest BCUT2D eigenvalue weighted by molar-refractivity contribution is 5.84. The van der Waals surface area contributed by atoms with Crippen LogP contribution in [0.1, 0.15) is 98.3 Å². The maximum absolute atomic E-state index is 11.3. The minimum atomic E-state index is -0.476. The Morgan fingerprint density at radius 3 is 1.93 bits per heavy atom. The zero-order chi connectivity index (χ0) is 22.6. The van der Waals surface area contributed by atoms with Crippen LogP contribution in [0, 0.1) is 16.7 Å². The summed E-state index contributed by atoms with van der Waals surface area (Å²) in [4.78, 5) is 24.9. The highest BCUT2D eigenvalue weighted by Gasteiger charge is 2.36. The van der Waals surface area contributed by atoms with Gasteiger partial charge in [0.15, 0.2) is 0 Å². The lowest BCUT2D eigenvalue weighted by atomic mass is 9.71. The van der Waals surface area contributed by atoms with E-state index in [1.807, 2.05) is 6.08 Å². The van der Waals surface area contributed by atoms with Gasteiger partial charge in [-0.05, 0) is 49.5 Å². The number of rotatable bonds is 15. The van der Waals surface area contributed by atoms with Gasteiger partial charge < -0.3 is 16.4 Å². The zero-order valence-electron chi connectivity index (χ0n) is 20.0. The van der Waals surface area contributed by atoms with E-state index >= 15 is 0 Å². The van der Waals surface area contributed by atoms with Crippen molar-refractivity contribution in [1.82, 2.24) is 4.90 Å². The van der Waals surface area contributed by atoms with Gasteiger partial charge in [0.1, 0.15) is 0 Å². The SMILES string of the molecule is CC1(C)CN(CCCCCCCCCC=CCC(CC(N)=O)C(N)=O)CC(C)(C)C1. The monoisotopic (exact) mass is 421 g/mol. The van der Waals surface area contributed by atoms with Gasteiger partial charge in [-0.1, -0.05) is 72.0 Å². The van der Waals surface area contributed by atoms with Crippen molar-refractivity contribution in [2.45, 2.75) is 98.3 Å². The minimum Gasteiger partial charge on any atom is -0.370 e. The molecule has 0 radical (unpaired) electrons. The van der Waals surface area contributed by atoms with Crippen molar-refractivity contribution in [3.63, 3.8) is 0 Å². The van der Waals surface area contributed by atoms with Crippen molar-refractivity contribution in [2.24, 2.45) is 28.2 Å². The Bertz CT molecular complexity index is 539. The van der Waals surface area contributed by atoms with Crippen LogP contribution < -0.4 is 11.5 Å². The third-order valence-electron chi connectivity index (χ3n) is 6.04. The van der Waals surface area contributed by atoms with Crippen LogP contribution in [0.15, 0.2) is 12.2 Å². The second kappa shape index (κ2) is 13.1. The molecule has 0 aliphatic carbocycles. The van der Waals surface area contributed by atoms with Crippen LogP contribution >= 0.6 is 0 Å². The average Bonchev–Trinajstić information content (AvgIpc) is 2.58. The van der Waals surface area contributed by atoms with Crippen LogP contribution in [0.25, 0.3) is 0 Å². The molecule has 1 heterocycles. The first-order valence-electron chi connectivity index (χ1n) is 12.0. The Balaban J connectivity index is 2.01. The summed E-state index contributed by atoms with van der Waals surface area (Å²) in [6.45, 7) is 13.4. The fourth-order valence-electron chi connectivity index (χ4n) is 5.23. The summed E-state index contributed by atoms with van der Waals surface area (Å²) < 4.78 is 0. The van der Waals surface area contributed by atoms with E-state index in [2.05, 4.69) is 38.7 Å². The van der Waals surface area contributed by atoms with Crippen LogP contribution in [-0.4, -0.2) is 36.3 Å². The summed E-state index contributed by atoms with van der Waals surface area (Å²) >= 11 is 0. The number of nitrogens with two attached hydrogens (primary N) is 2. The molecular weight excluding hydrogens is 374 g/mol. The van der Waals surface area contributed by atoms with Crippen LogP contribution in [-0.2, 0) is 9.59 Å². The van der Waals surface area contributed by atoms with E-state index in [0.29, 0.717) is 17.3 Å². The minimum absolute atomic E-state index is 0.0347. The molecule has 1 fully saturated rings. The summed E-state index contributed by atoms with van der Waals surface area (Å²) in [5.41, 5.74) is 11.3. The summed E-state index contributed by atoms with van der Waals surface area (Å²) in [5.74, 6) is -1.40. The second-order valence-corrected chi connectivity index (χ2v) is 11.0. The highest BCUT2D eigenvalue weighted by atomic mass is 16.2. The lowest BCUT2D eigenvalue weighted by molar-refractivity contribution is -0.126. The quantitative estimate of drug-likeness (QED) is 0.294. The Morgan fingerprint density at radius 1 is 0.867 bits per heavy atom. The molecule has 30 heavy (non-hydrogen) atoms. The number of primary amides is 2. The molecule has 0 aromatic rings. The van der Waals surface area contributed by atoms with Gasteiger partial charge in [0.2, 0.25) is 11.8 Å². The number of hydrogen-bond acceptors (Lipinski definition) is 3. The summed E-state index contributed by atoms with van der Waals surface area (Å²) in [7, 11) is 0. The van der Waals surface area contributed by atoms with E-state index < -0.39 is 17.7 Å². The molecule has 1 aliphatic rings. The average molecular weight is 422 g/mol. The lowest BCUT2D eigenvalue weighted by Gasteiger charge is -2.47. The molecular formula is C25H47N3O2. The normalized spacial score (nSPS) is 19.7. The van der Waals surface area contributed by atoms with Crippen LogP contribution in [0.5, 0.6) is 0 Å². The predicted octanol–water partition coefficient (Wildman–Crippen LogP) is 4.79. The highest BCUT2D eigenvalue weighted by Crippen LogP contribution is 2.39. The fraction of sp³-hybridized carbons (Fsp3) is 0.840. The van der Waals surface area contributed by atoms with Gasteiger partial charge in [0.25, 0.3) is 0 Å². The maximum atomic E-state index is 11.3. The molecule has 5 heteroatoms. The van der Waals surface area contributed by atoms with Gasteiger partial charge in [0.05, 0.1) is 0 Å². The largest absolute Gasteiger partial charge is 0.370 e. The molecule has 1 rings (SSSR count). The van der Waals surface area contributed by atoms with E-state index in [4.69, 9.17) is 11.5 Å². The number of nitrogens with zero attached hydrogens (tertiary/aromatic N) is 1. The molecule has 0 saturated carbocycles. The Labute approximate surface area is 185 Å². The number of allylic oxidation sites excluding steroid dienone is 2. The van der Waals surface area contributed by atoms with Gasteiger partial charge in [0, 0.05) is 25.4 Å². The van der Waals surface area contributed by atoms with Crippen molar-refractivity contribution >= 4 is 11.8 Å². The van der Waals surface area contributed by atoms with Crippen molar-refractivity contribution < 1.29 is 9.59 Å². The first kappa shape index (κ1) is 26.7. The van der Waals surface area contributed by atoms with Gasteiger partial charge in [-0.15, -0.1) is 0 Å². The fourth-order valence-corrected chi connectivity index (χ4v) is 5.23. The number of hydrogen-bond donors (Lipinski definition) is 2. The third kappa shape index (κ3) is 12.4. The van der Waals surface area contributed by atoms with E-state index in [-0.39, 0.29) is 6.42 Å². The van der Waals surface area contributed by atoms with Crippen molar-refractivity contribution in [1.29, 1.82) is 0 Å². The Morgan fingerprint density at radius 2 is 1.40 bits per heavy atom. The standard InChI is InChI=1S/C25H47N3O2/c1-24(2)18-25(3,4)20-28(19-24)16-14-12-10-8-6-5-7-9-11-13-15-21(23(27)30)17-22(26)29/h11,13,21H,5-10,12,14-20H2,1-4H3,(H2,26,29)(H2,27,30). The van der Waals surface area contributed by atoms with Crippen molar-refractivity contribution in [2.75, 3.05) is 19.6 Å². The first-order valence-corrected chi connectivity index (χ1v) is 12.0. The smallest absolute Gasteiger partial charge is 0.221 e. The van der Waals surface area contributed by atoms with Gasteiger partial charge >= 0.3 is 0 Å². The van der Waals surface area contributed by atoms with Gasteiger partial charge in [-0.2, -0.15) is 0 Å². The topological polar surface area (TPSA) is 89.4 Å². The number of unbranched alkanes of at least 4 members (excludes halogenated alkanes) is 7. The van der Waals surface area contributed by atoms with E-state index in [1.165, 1.54) is 71.0 Å². The molecule has 1 unspecified atom stereocenters. The molecule has 1 atom stereocenters. The van der Waals surface area contributed by atoms with Crippen molar-refractivity contribution in [3.05, 3.63) is 12.2 Å². The molecule has 0 bridgehead atoms. The summed E-state index contributed by atoms with van der Waals surface area (Å²) in [6, 6.07) is 0. The summed E-state index contributed by atoms with van der Waals surface area (Å²) in [5, 5.41) is 0. The molecule has 0 aromatic carbocycles. The number of likely N-dealkylation sites (tertiary alicyclic amines) is 1. The van der Waals surface area contributed by atoms with E-state index in [0.717, 1.165) is 6.42 Å². The predicted molar refractivity (Wildman–Crippen MR) is 126 cm³/mol. The molecule has 0 spiro atoms. The Hall–Kier alpha value is -1.36. The van der Waals surface area contributed by atoms with Crippen LogP contribution in [0.2, 0.25) is 0 Å². The van der Waals surface area contributed by atoms with Gasteiger partial charge in [-0.3, -0.25) is 9.59 Å². The Kier molecular flexibility index (Phi) is 11.7. The maximum Gasteiger partial charge on any atom is 0.221 e.